The molecule has 0 saturated carbocycles. The number of nitrogens with zero attached hydrogens (tertiary/aromatic N) is 3. The Bertz CT molecular complexity index is 1210. The van der Waals surface area contributed by atoms with E-state index in [9.17, 15) is 9.59 Å². The number of ether oxygens (including phenoxy) is 4. The molecule has 0 unspecified atom stereocenters. The maximum absolute atomic E-state index is 13.9. The van der Waals surface area contributed by atoms with E-state index in [2.05, 4.69) is 29.2 Å². The minimum atomic E-state index is -0.806. The van der Waals surface area contributed by atoms with Crippen LogP contribution < -0.4 is 0 Å². The Morgan fingerprint density at radius 2 is 1.22 bits per heavy atom. The van der Waals surface area contributed by atoms with Crippen LogP contribution in [0.25, 0.3) is 0 Å². The van der Waals surface area contributed by atoms with E-state index in [0.29, 0.717) is 32.7 Å². The second-order valence-electron chi connectivity index (χ2n) is 14.1. The topological polar surface area (TPSA) is 80.8 Å². The average Bonchev–Trinajstić information content (AvgIpc) is 3.34. The third-order valence-electron chi connectivity index (χ3n) is 8.54. The van der Waals surface area contributed by atoms with Gasteiger partial charge in [0.25, 0.3) is 0 Å². The smallest absolute Gasteiger partial charge is 0.413 e. The first-order valence-corrected chi connectivity index (χ1v) is 17.0. The highest BCUT2D eigenvalue weighted by Crippen LogP contribution is 2.37. The second kappa shape index (κ2) is 13.9. The molecule has 45 heavy (non-hydrogen) atoms. The van der Waals surface area contributed by atoms with Crippen molar-refractivity contribution in [2.24, 2.45) is 0 Å². The molecule has 248 valence electrons. The van der Waals surface area contributed by atoms with Gasteiger partial charge in [-0.2, -0.15) is 0 Å². The van der Waals surface area contributed by atoms with Gasteiger partial charge in [-0.05, 0) is 72.8 Å². The number of carbonyl (C=O) groups excluding carboxylic acids is 2. The minimum Gasteiger partial charge on any atom is -0.449 e. The van der Waals surface area contributed by atoms with Crippen molar-refractivity contribution in [2.45, 2.75) is 109 Å². The maximum atomic E-state index is 13.9. The number of benzene rings is 2. The third kappa shape index (κ3) is 8.33. The van der Waals surface area contributed by atoms with Crippen LogP contribution in [0.4, 0.5) is 9.59 Å². The Labute approximate surface area is 273 Å². The van der Waals surface area contributed by atoms with Gasteiger partial charge in [-0.25, -0.2) is 9.59 Å². The highest BCUT2D eigenvalue weighted by molar-refractivity contribution is 7.99. The molecule has 2 amide bonds. The first-order chi connectivity index (χ1) is 21.1. The van der Waals surface area contributed by atoms with Crippen molar-refractivity contribution in [2.75, 3.05) is 26.1 Å². The number of rotatable bonds is 11. The van der Waals surface area contributed by atoms with E-state index in [-0.39, 0.29) is 12.6 Å². The van der Waals surface area contributed by atoms with E-state index >= 15 is 0 Å². The molecule has 0 radical (unpaired) electrons. The van der Waals surface area contributed by atoms with E-state index in [1.165, 1.54) is 11.8 Å². The molecule has 9 nitrogen and oxygen atoms in total. The van der Waals surface area contributed by atoms with Gasteiger partial charge in [0.15, 0.2) is 5.44 Å². The van der Waals surface area contributed by atoms with E-state index in [1.54, 1.807) is 9.80 Å². The van der Waals surface area contributed by atoms with Gasteiger partial charge >= 0.3 is 12.2 Å². The summed E-state index contributed by atoms with van der Waals surface area (Å²) < 4.78 is 24.2. The molecule has 2 heterocycles. The highest BCUT2D eigenvalue weighted by atomic mass is 32.2. The Morgan fingerprint density at radius 1 is 0.778 bits per heavy atom. The molecular formula is C35H51N3O6S. The van der Waals surface area contributed by atoms with Gasteiger partial charge in [-0.15, -0.1) is 11.8 Å². The lowest BCUT2D eigenvalue weighted by atomic mass is 10.0. The minimum absolute atomic E-state index is 0.144. The summed E-state index contributed by atoms with van der Waals surface area (Å²) >= 11 is 1.48. The fourth-order valence-electron chi connectivity index (χ4n) is 6.54. The number of carbonyl (C=O) groups is 2. The highest BCUT2D eigenvalue weighted by Gasteiger charge is 2.51. The van der Waals surface area contributed by atoms with Crippen molar-refractivity contribution in [3.63, 3.8) is 0 Å². The van der Waals surface area contributed by atoms with Crippen LogP contribution in [0.1, 0.15) is 72.9 Å². The Hall–Kier alpha value is -2.79. The van der Waals surface area contributed by atoms with Crippen molar-refractivity contribution in [3.05, 3.63) is 71.8 Å². The molecule has 0 aromatic heterocycles. The average molecular weight is 642 g/mol. The van der Waals surface area contributed by atoms with Crippen molar-refractivity contribution in [1.29, 1.82) is 0 Å². The molecular weight excluding hydrogens is 590 g/mol. The molecule has 0 aliphatic carbocycles. The second-order valence-corrected chi connectivity index (χ2v) is 15.0. The summed E-state index contributed by atoms with van der Waals surface area (Å²) in [6, 6.07) is 20.2. The Kier molecular flexibility index (Phi) is 10.8. The zero-order chi connectivity index (χ0) is 33.0. The zero-order valence-corrected chi connectivity index (χ0v) is 29.2. The van der Waals surface area contributed by atoms with Crippen LogP contribution in [-0.4, -0.2) is 87.0 Å². The van der Waals surface area contributed by atoms with Crippen molar-refractivity contribution < 1.29 is 28.5 Å². The number of hydrogen-bond acceptors (Lipinski definition) is 8. The summed E-state index contributed by atoms with van der Waals surface area (Å²) in [5, 5.41) is 0. The van der Waals surface area contributed by atoms with E-state index < -0.39 is 40.2 Å². The van der Waals surface area contributed by atoms with Gasteiger partial charge in [0.2, 0.25) is 0 Å². The molecule has 2 atom stereocenters. The molecule has 0 bridgehead atoms. The first-order valence-electron chi connectivity index (χ1n) is 15.7. The summed E-state index contributed by atoms with van der Waals surface area (Å²) in [6.45, 7) is 17.7. The number of amides is 2. The Morgan fingerprint density at radius 3 is 1.62 bits per heavy atom. The SMILES string of the molecule is CS[C@H](OC(=O)N1C(C)(C)COC1(C)C)[C@H](CCOC(=O)N1C(C)(C)COC1(C)C)N(Cc1ccccc1)Cc1ccccc1. The molecule has 4 rings (SSSR count). The van der Waals surface area contributed by atoms with Crippen molar-refractivity contribution >= 4 is 23.9 Å². The predicted octanol–water partition coefficient (Wildman–Crippen LogP) is 7.10. The van der Waals surface area contributed by atoms with E-state index in [1.807, 2.05) is 98.0 Å². The lowest BCUT2D eigenvalue weighted by Crippen LogP contribution is -2.55. The molecule has 2 aliphatic rings. The van der Waals surface area contributed by atoms with Crippen LogP contribution in [0.2, 0.25) is 0 Å². The fraction of sp³-hybridized carbons (Fsp3) is 0.600. The van der Waals surface area contributed by atoms with Gasteiger partial charge in [0.05, 0.1) is 36.9 Å². The molecule has 0 N–H and O–H groups in total. The molecule has 2 aromatic carbocycles. The van der Waals surface area contributed by atoms with Crippen LogP contribution in [0, 0.1) is 0 Å². The zero-order valence-electron chi connectivity index (χ0n) is 28.4. The van der Waals surface area contributed by atoms with Crippen LogP contribution >= 0.6 is 11.8 Å². The van der Waals surface area contributed by atoms with Crippen LogP contribution in [0.5, 0.6) is 0 Å². The van der Waals surface area contributed by atoms with Gasteiger partial charge < -0.3 is 18.9 Å². The summed E-state index contributed by atoms with van der Waals surface area (Å²) in [7, 11) is 0. The molecule has 2 fully saturated rings. The molecule has 2 saturated heterocycles. The van der Waals surface area contributed by atoms with Crippen molar-refractivity contribution in [3.8, 4) is 0 Å². The number of hydrogen-bond donors (Lipinski definition) is 0. The van der Waals surface area contributed by atoms with Gasteiger partial charge in [0, 0.05) is 19.5 Å². The van der Waals surface area contributed by atoms with Crippen LogP contribution in [0.3, 0.4) is 0 Å². The summed E-state index contributed by atoms with van der Waals surface area (Å²) in [5.41, 5.74) is -0.898. The monoisotopic (exact) mass is 641 g/mol. The fourth-order valence-corrected chi connectivity index (χ4v) is 7.34. The predicted molar refractivity (Wildman–Crippen MR) is 178 cm³/mol. The summed E-state index contributed by atoms with van der Waals surface area (Å²) in [4.78, 5) is 33.0. The van der Waals surface area contributed by atoms with E-state index in [4.69, 9.17) is 18.9 Å². The maximum Gasteiger partial charge on any atom is 0.413 e. The summed E-state index contributed by atoms with van der Waals surface area (Å²) in [6.07, 6.45) is 1.54. The number of thioether (sulfide) groups is 1. The molecule has 0 spiro atoms. The first kappa shape index (κ1) is 35.1. The van der Waals surface area contributed by atoms with E-state index in [0.717, 1.165) is 11.1 Å². The third-order valence-corrected chi connectivity index (χ3v) is 9.41. The lowest BCUT2D eigenvalue weighted by molar-refractivity contribution is -0.0616. The lowest BCUT2D eigenvalue weighted by Gasteiger charge is -2.40. The van der Waals surface area contributed by atoms with Gasteiger partial charge in [0.1, 0.15) is 11.4 Å². The van der Waals surface area contributed by atoms with Gasteiger partial charge in [-0.3, -0.25) is 14.7 Å². The largest absolute Gasteiger partial charge is 0.449 e. The molecule has 2 aliphatic heterocycles. The van der Waals surface area contributed by atoms with Crippen molar-refractivity contribution in [1.82, 2.24) is 14.7 Å². The Balaban J connectivity index is 1.62. The quantitative estimate of drug-likeness (QED) is 0.240. The summed E-state index contributed by atoms with van der Waals surface area (Å²) in [5.74, 6) is 0. The van der Waals surface area contributed by atoms with Crippen LogP contribution in [-0.2, 0) is 32.0 Å². The molecule has 2 aromatic rings. The normalized spacial score (nSPS) is 21.0. The molecule has 10 heteroatoms. The van der Waals surface area contributed by atoms with Gasteiger partial charge in [-0.1, -0.05) is 60.7 Å². The van der Waals surface area contributed by atoms with Crippen LogP contribution in [0.15, 0.2) is 60.7 Å². The standard InChI is InChI=1S/C35H51N3O6S/c1-32(2)24-42-34(5,6)37(32)30(39)41-21-20-28(29(45-9)44-31(40)38-33(3,4)25-43-35(38,7)8)36(22-26-16-12-10-13-17-26)23-27-18-14-11-15-19-27/h10-19,28-29H,20-25H2,1-9H3/t28-,29-/m0/s1.